The van der Waals surface area contributed by atoms with Gasteiger partial charge in [0.25, 0.3) is 0 Å². The maximum atomic E-state index is 12.8. The molecule has 0 radical (unpaired) electrons. The molecule has 2 unspecified atom stereocenters. The first kappa shape index (κ1) is 22.8. The topological polar surface area (TPSA) is 86.3 Å². The van der Waals surface area contributed by atoms with Gasteiger partial charge in [0.05, 0.1) is 6.04 Å². The lowest BCUT2D eigenvalue weighted by Gasteiger charge is -2.39. The van der Waals surface area contributed by atoms with E-state index in [1.165, 1.54) is 18.5 Å². The molecule has 2 aromatic heterocycles. The predicted molar refractivity (Wildman–Crippen MR) is 123 cm³/mol. The quantitative estimate of drug-likeness (QED) is 0.477. The van der Waals surface area contributed by atoms with Gasteiger partial charge in [0.1, 0.15) is 35.1 Å². The molecule has 0 saturated carbocycles. The van der Waals surface area contributed by atoms with Crippen molar-refractivity contribution >= 4 is 23.2 Å². The largest absolute Gasteiger partial charge is 0.484 e. The van der Waals surface area contributed by atoms with E-state index in [-0.39, 0.29) is 0 Å². The summed E-state index contributed by atoms with van der Waals surface area (Å²) in [4.78, 5) is 23.6. The van der Waals surface area contributed by atoms with Gasteiger partial charge < -0.3 is 13.9 Å². The van der Waals surface area contributed by atoms with Gasteiger partial charge in [-0.05, 0) is 49.2 Å². The highest BCUT2D eigenvalue weighted by atomic mass is 19.4. The number of fused-ring (bicyclic) bond motifs is 2. The summed E-state index contributed by atoms with van der Waals surface area (Å²) in [6, 6.07) is 8.39. The standard InChI is InChI=1S/C25H20F3N3O4/c1-24(2)21(10-16-9-14-4-8-23(32)33-18(14)11-19(16)35-24)34-22-7-5-17(30-13-31-22)15-3-6-20(29-12-15)25(26,27)28/h3-9,11-13,17,21H,10H2,1-2H3. The van der Waals surface area contributed by atoms with Crippen molar-refractivity contribution in [3.05, 3.63) is 82.0 Å². The van der Waals surface area contributed by atoms with Crippen LogP contribution in [0.25, 0.3) is 11.0 Å². The Bertz CT molecular complexity index is 1420. The highest BCUT2D eigenvalue weighted by Gasteiger charge is 2.39. The van der Waals surface area contributed by atoms with Gasteiger partial charge in [-0.2, -0.15) is 13.2 Å². The average molecular weight is 483 g/mol. The fourth-order valence-electron chi connectivity index (χ4n) is 3.97. The Morgan fingerprint density at radius 2 is 1.97 bits per heavy atom. The molecular formula is C25H20F3N3O4. The summed E-state index contributed by atoms with van der Waals surface area (Å²) in [6.45, 7) is 3.77. The second-order valence-corrected chi connectivity index (χ2v) is 8.78. The molecule has 2 aliphatic rings. The van der Waals surface area contributed by atoms with Crippen LogP contribution in [-0.4, -0.2) is 28.9 Å². The summed E-state index contributed by atoms with van der Waals surface area (Å²) in [5.41, 5.74) is -0.280. The van der Waals surface area contributed by atoms with Crippen molar-refractivity contribution in [1.82, 2.24) is 4.98 Å². The Hall–Kier alpha value is -3.95. The lowest BCUT2D eigenvalue weighted by Crippen LogP contribution is -2.48. The molecule has 5 rings (SSSR count). The van der Waals surface area contributed by atoms with Crippen molar-refractivity contribution in [3.63, 3.8) is 0 Å². The van der Waals surface area contributed by atoms with E-state index in [1.807, 2.05) is 19.9 Å². The maximum Gasteiger partial charge on any atom is 0.433 e. The summed E-state index contributed by atoms with van der Waals surface area (Å²) >= 11 is 0. The van der Waals surface area contributed by atoms with E-state index in [2.05, 4.69) is 15.0 Å². The molecule has 35 heavy (non-hydrogen) atoms. The zero-order chi connectivity index (χ0) is 24.8. The molecular weight excluding hydrogens is 463 g/mol. The third kappa shape index (κ3) is 4.68. The van der Waals surface area contributed by atoms with Crippen molar-refractivity contribution in [2.45, 2.75) is 44.2 Å². The van der Waals surface area contributed by atoms with Gasteiger partial charge in [0.15, 0.2) is 0 Å². The Kier molecular flexibility index (Phi) is 5.46. The highest BCUT2D eigenvalue weighted by molar-refractivity contribution is 5.94. The van der Waals surface area contributed by atoms with Crippen LogP contribution < -0.4 is 10.4 Å². The van der Waals surface area contributed by atoms with Crippen LogP contribution in [0.2, 0.25) is 0 Å². The first-order valence-electron chi connectivity index (χ1n) is 10.8. The minimum absolute atomic E-state index is 0.299. The normalized spacial score (nSPS) is 21.1. The summed E-state index contributed by atoms with van der Waals surface area (Å²) in [7, 11) is 0. The molecule has 3 aromatic rings. The Morgan fingerprint density at radius 1 is 1.14 bits per heavy atom. The molecule has 0 bridgehead atoms. The van der Waals surface area contributed by atoms with E-state index >= 15 is 0 Å². The number of benzene rings is 1. The second-order valence-electron chi connectivity index (χ2n) is 8.78. The zero-order valence-corrected chi connectivity index (χ0v) is 18.7. The van der Waals surface area contributed by atoms with Crippen LogP contribution >= 0.6 is 0 Å². The van der Waals surface area contributed by atoms with Crippen LogP contribution in [0.1, 0.15) is 36.7 Å². The number of hydrogen-bond donors (Lipinski definition) is 0. The number of rotatable bonds is 2. The number of ether oxygens (including phenoxy) is 2. The molecule has 0 aliphatic carbocycles. The van der Waals surface area contributed by atoms with Crippen LogP contribution in [0.3, 0.4) is 0 Å². The Balaban J connectivity index is 1.34. The number of aromatic nitrogens is 1. The van der Waals surface area contributed by atoms with Crippen LogP contribution in [0.15, 0.2) is 73.9 Å². The maximum absolute atomic E-state index is 12.8. The van der Waals surface area contributed by atoms with Gasteiger partial charge in [0, 0.05) is 30.1 Å². The van der Waals surface area contributed by atoms with Gasteiger partial charge in [-0.25, -0.2) is 9.79 Å². The average Bonchev–Trinajstić information content (AvgIpc) is 3.03. The number of hydrogen-bond acceptors (Lipinski definition) is 7. The van der Waals surface area contributed by atoms with Gasteiger partial charge in [-0.1, -0.05) is 12.1 Å². The minimum Gasteiger partial charge on any atom is -0.484 e. The van der Waals surface area contributed by atoms with Gasteiger partial charge >= 0.3 is 11.8 Å². The third-order valence-electron chi connectivity index (χ3n) is 5.87. The fourth-order valence-corrected chi connectivity index (χ4v) is 3.97. The Labute approximate surface area is 197 Å². The zero-order valence-electron chi connectivity index (χ0n) is 18.7. The van der Waals surface area contributed by atoms with Crippen molar-refractivity contribution in [1.29, 1.82) is 0 Å². The molecule has 10 heteroatoms. The first-order chi connectivity index (χ1) is 16.6. The van der Waals surface area contributed by atoms with Crippen molar-refractivity contribution in [2.75, 3.05) is 0 Å². The summed E-state index contributed by atoms with van der Waals surface area (Å²) in [6.07, 6.45) is 1.42. The highest BCUT2D eigenvalue weighted by Crippen LogP contribution is 2.37. The SMILES string of the molecule is CC1(C)Oc2cc3oc(=O)ccc3cc2CC1OC1=NC=NC(c2ccc(C(F)(F)F)nc2)C=C1. The number of nitrogens with zero attached hydrogens (tertiary/aromatic N) is 3. The van der Waals surface area contributed by atoms with E-state index in [1.54, 1.807) is 24.3 Å². The summed E-state index contributed by atoms with van der Waals surface area (Å²) in [5.74, 6) is 0.916. The summed E-state index contributed by atoms with van der Waals surface area (Å²) < 4.78 is 56.0. The Morgan fingerprint density at radius 3 is 2.71 bits per heavy atom. The molecule has 2 aliphatic heterocycles. The molecule has 0 saturated heterocycles. The molecule has 0 fully saturated rings. The number of aliphatic imine (C=N–C) groups is 2. The van der Waals surface area contributed by atoms with Gasteiger partial charge in [-0.3, -0.25) is 9.98 Å². The first-order valence-corrected chi connectivity index (χ1v) is 10.8. The third-order valence-corrected chi connectivity index (χ3v) is 5.87. The van der Waals surface area contributed by atoms with E-state index in [4.69, 9.17) is 13.9 Å². The molecule has 0 N–H and O–H groups in total. The predicted octanol–water partition coefficient (Wildman–Crippen LogP) is 5.04. The lowest BCUT2D eigenvalue weighted by molar-refractivity contribution is -0.141. The molecule has 180 valence electrons. The smallest absolute Gasteiger partial charge is 0.433 e. The molecule has 2 atom stereocenters. The molecule has 0 amide bonds. The van der Waals surface area contributed by atoms with E-state index < -0.39 is 35.2 Å². The van der Waals surface area contributed by atoms with Crippen molar-refractivity contribution in [3.8, 4) is 5.75 Å². The van der Waals surface area contributed by atoms with Crippen LogP contribution in [0.4, 0.5) is 13.2 Å². The van der Waals surface area contributed by atoms with Crippen LogP contribution in [0, 0.1) is 0 Å². The fraction of sp³-hybridized carbons (Fsp3) is 0.280. The van der Waals surface area contributed by atoms with Crippen LogP contribution in [0.5, 0.6) is 5.75 Å². The van der Waals surface area contributed by atoms with Gasteiger partial charge in [0.2, 0.25) is 5.90 Å². The monoisotopic (exact) mass is 483 g/mol. The molecule has 1 aromatic carbocycles. The number of alkyl halides is 3. The second kappa shape index (κ2) is 8.37. The van der Waals surface area contributed by atoms with E-state index in [9.17, 15) is 18.0 Å². The number of halogens is 3. The summed E-state index contributed by atoms with van der Waals surface area (Å²) in [5, 5.41) is 0.775. The van der Waals surface area contributed by atoms with E-state index in [0.29, 0.717) is 29.2 Å². The van der Waals surface area contributed by atoms with Gasteiger partial charge in [-0.15, -0.1) is 0 Å². The van der Waals surface area contributed by atoms with E-state index in [0.717, 1.165) is 23.2 Å². The van der Waals surface area contributed by atoms with Crippen molar-refractivity contribution < 1.29 is 27.1 Å². The van der Waals surface area contributed by atoms with Crippen molar-refractivity contribution in [2.24, 2.45) is 9.98 Å². The molecule has 0 spiro atoms. The number of pyridine rings is 1. The lowest BCUT2D eigenvalue weighted by atomic mass is 9.90. The minimum atomic E-state index is -4.50. The molecule has 4 heterocycles. The van der Waals surface area contributed by atoms with Crippen LogP contribution in [-0.2, 0) is 17.3 Å². The molecule has 7 nitrogen and oxygen atoms in total.